The number of carbonyl (C=O) groups is 1. The van der Waals surface area contributed by atoms with Crippen LogP contribution in [0.5, 0.6) is 0 Å². The van der Waals surface area contributed by atoms with Crippen molar-refractivity contribution in [2.24, 2.45) is 0 Å². The van der Waals surface area contributed by atoms with Gasteiger partial charge in [-0.3, -0.25) is 0 Å². The lowest BCUT2D eigenvalue weighted by atomic mass is 10.1. The number of sulfonamides is 1. The second kappa shape index (κ2) is 6.88. The number of piperidine rings is 1. The van der Waals surface area contributed by atoms with Crippen molar-refractivity contribution in [3.63, 3.8) is 0 Å². The molecule has 0 atom stereocenters. The molecule has 1 aromatic rings. The Morgan fingerprint density at radius 3 is 2.22 bits per heavy atom. The van der Waals surface area contributed by atoms with Crippen LogP contribution in [0.1, 0.15) is 33.6 Å². The van der Waals surface area contributed by atoms with E-state index in [0.29, 0.717) is 25.9 Å². The summed E-state index contributed by atoms with van der Waals surface area (Å²) in [5, 5.41) is 2.93. The van der Waals surface area contributed by atoms with E-state index in [-0.39, 0.29) is 22.5 Å². The standard InChI is InChI=1S/C16H25N3O3S/c1-16(2,3)17-15(20)19-11-9-13(10-12-19)18-23(21,22)14-7-5-4-6-8-14/h4-8,13,18H,9-12H2,1-3H3,(H,17,20). The summed E-state index contributed by atoms with van der Waals surface area (Å²) < 4.78 is 27.3. The van der Waals surface area contributed by atoms with Gasteiger partial charge in [0, 0.05) is 24.7 Å². The van der Waals surface area contributed by atoms with Crippen LogP contribution >= 0.6 is 0 Å². The summed E-state index contributed by atoms with van der Waals surface area (Å²) in [6, 6.07) is 8.11. The minimum atomic E-state index is -3.50. The van der Waals surface area contributed by atoms with E-state index in [1.54, 1.807) is 35.2 Å². The minimum Gasteiger partial charge on any atom is -0.333 e. The van der Waals surface area contributed by atoms with Gasteiger partial charge in [0.2, 0.25) is 10.0 Å². The summed E-state index contributed by atoms with van der Waals surface area (Å²) in [5.41, 5.74) is -0.275. The maximum absolute atomic E-state index is 12.3. The van der Waals surface area contributed by atoms with Gasteiger partial charge in [0.25, 0.3) is 0 Å². The van der Waals surface area contributed by atoms with Gasteiger partial charge in [0.05, 0.1) is 4.90 Å². The maximum Gasteiger partial charge on any atom is 0.317 e. The Hall–Kier alpha value is -1.60. The first-order valence-corrected chi connectivity index (χ1v) is 9.30. The van der Waals surface area contributed by atoms with Gasteiger partial charge in [-0.25, -0.2) is 17.9 Å². The minimum absolute atomic E-state index is 0.0955. The van der Waals surface area contributed by atoms with Crippen molar-refractivity contribution in [1.82, 2.24) is 14.9 Å². The van der Waals surface area contributed by atoms with Crippen LogP contribution in [0.3, 0.4) is 0 Å². The fourth-order valence-electron chi connectivity index (χ4n) is 2.49. The summed E-state index contributed by atoms with van der Waals surface area (Å²) in [5.74, 6) is 0. The quantitative estimate of drug-likeness (QED) is 0.883. The topological polar surface area (TPSA) is 78.5 Å². The normalized spacial score (nSPS) is 17.1. The first kappa shape index (κ1) is 17.7. The van der Waals surface area contributed by atoms with Gasteiger partial charge in [-0.15, -0.1) is 0 Å². The Labute approximate surface area is 138 Å². The summed E-state index contributed by atoms with van der Waals surface area (Å²) in [7, 11) is -3.50. The average Bonchev–Trinajstić information content (AvgIpc) is 2.47. The Kier molecular flexibility index (Phi) is 5.31. The first-order valence-electron chi connectivity index (χ1n) is 7.82. The van der Waals surface area contributed by atoms with E-state index in [1.807, 2.05) is 20.8 Å². The van der Waals surface area contributed by atoms with Crippen molar-refractivity contribution in [2.75, 3.05) is 13.1 Å². The number of urea groups is 1. The molecule has 0 saturated carbocycles. The lowest BCUT2D eigenvalue weighted by Crippen LogP contribution is -2.53. The van der Waals surface area contributed by atoms with E-state index in [2.05, 4.69) is 10.0 Å². The van der Waals surface area contributed by atoms with Crippen molar-refractivity contribution < 1.29 is 13.2 Å². The number of carbonyl (C=O) groups excluding carboxylic acids is 1. The van der Waals surface area contributed by atoms with E-state index < -0.39 is 10.0 Å². The van der Waals surface area contributed by atoms with Crippen LogP contribution in [0.25, 0.3) is 0 Å². The van der Waals surface area contributed by atoms with Gasteiger partial charge >= 0.3 is 6.03 Å². The summed E-state index contributed by atoms with van der Waals surface area (Å²) in [6.45, 7) is 6.90. The fourth-order valence-corrected chi connectivity index (χ4v) is 3.81. The van der Waals surface area contributed by atoms with Gasteiger partial charge < -0.3 is 10.2 Å². The zero-order valence-corrected chi connectivity index (χ0v) is 14.7. The molecule has 2 N–H and O–H groups in total. The SMILES string of the molecule is CC(C)(C)NC(=O)N1CCC(NS(=O)(=O)c2ccccc2)CC1. The van der Waals surface area contributed by atoms with Crippen molar-refractivity contribution in [2.45, 2.75) is 50.1 Å². The first-order chi connectivity index (χ1) is 10.7. The molecule has 0 spiro atoms. The van der Waals surface area contributed by atoms with Crippen LogP contribution in [0.2, 0.25) is 0 Å². The highest BCUT2D eigenvalue weighted by Crippen LogP contribution is 2.15. The molecular formula is C16H25N3O3S. The third-order valence-corrected chi connectivity index (χ3v) is 5.18. The zero-order valence-electron chi connectivity index (χ0n) is 13.9. The molecular weight excluding hydrogens is 314 g/mol. The highest BCUT2D eigenvalue weighted by Gasteiger charge is 2.27. The lowest BCUT2D eigenvalue weighted by molar-refractivity contribution is 0.172. The molecule has 128 valence electrons. The predicted octanol–water partition coefficient (Wildman–Crippen LogP) is 1.94. The third kappa shape index (κ3) is 5.21. The molecule has 23 heavy (non-hydrogen) atoms. The molecule has 1 aliphatic rings. The molecule has 7 heteroatoms. The molecule has 1 aromatic carbocycles. The van der Waals surface area contributed by atoms with Crippen LogP contribution in [0.4, 0.5) is 4.79 Å². The van der Waals surface area contributed by atoms with E-state index in [9.17, 15) is 13.2 Å². The van der Waals surface area contributed by atoms with Gasteiger partial charge in [0.15, 0.2) is 0 Å². The van der Waals surface area contributed by atoms with Crippen molar-refractivity contribution in [1.29, 1.82) is 0 Å². The third-order valence-electron chi connectivity index (χ3n) is 3.64. The Balaban J connectivity index is 1.89. The number of hydrogen-bond acceptors (Lipinski definition) is 3. The second-order valence-electron chi connectivity index (χ2n) is 6.88. The molecule has 1 saturated heterocycles. The molecule has 6 nitrogen and oxygen atoms in total. The molecule has 2 amide bonds. The summed E-state index contributed by atoms with van der Waals surface area (Å²) in [4.78, 5) is 14.1. The summed E-state index contributed by atoms with van der Waals surface area (Å²) in [6.07, 6.45) is 1.23. The van der Waals surface area contributed by atoms with Crippen LogP contribution in [-0.4, -0.2) is 44.0 Å². The molecule has 0 bridgehead atoms. The Morgan fingerprint density at radius 1 is 1.13 bits per heavy atom. The summed E-state index contributed by atoms with van der Waals surface area (Å²) >= 11 is 0. The van der Waals surface area contributed by atoms with Crippen LogP contribution in [0, 0.1) is 0 Å². The molecule has 0 unspecified atom stereocenters. The van der Waals surface area contributed by atoms with Crippen LogP contribution < -0.4 is 10.0 Å². The average molecular weight is 339 g/mol. The Bertz CT molecular complexity index is 630. The molecule has 0 aromatic heterocycles. The van der Waals surface area contributed by atoms with Crippen LogP contribution in [0.15, 0.2) is 35.2 Å². The largest absolute Gasteiger partial charge is 0.333 e. The van der Waals surface area contributed by atoms with E-state index >= 15 is 0 Å². The number of rotatable bonds is 3. The van der Waals surface area contributed by atoms with Gasteiger partial charge in [0.1, 0.15) is 0 Å². The monoisotopic (exact) mass is 339 g/mol. The molecule has 1 fully saturated rings. The van der Waals surface area contributed by atoms with Gasteiger partial charge in [-0.1, -0.05) is 18.2 Å². The predicted molar refractivity (Wildman–Crippen MR) is 89.6 cm³/mol. The number of hydrogen-bond donors (Lipinski definition) is 2. The Morgan fingerprint density at radius 2 is 1.70 bits per heavy atom. The number of likely N-dealkylation sites (tertiary alicyclic amines) is 1. The van der Waals surface area contributed by atoms with Gasteiger partial charge in [-0.2, -0.15) is 0 Å². The van der Waals surface area contributed by atoms with Gasteiger partial charge in [-0.05, 0) is 45.7 Å². The van der Waals surface area contributed by atoms with E-state index in [4.69, 9.17) is 0 Å². The van der Waals surface area contributed by atoms with Crippen molar-refractivity contribution in [3.8, 4) is 0 Å². The number of amides is 2. The molecule has 0 radical (unpaired) electrons. The van der Waals surface area contributed by atoms with E-state index in [0.717, 1.165) is 0 Å². The number of nitrogens with zero attached hydrogens (tertiary/aromatic N) is 1. The van der Waals surface area contributed by atoms with Crippen molar-refractivity contribution >= 4 is 16.1 Å². The highest BCUT2D eigenvalue weighted by atomic mass is 32.2. The number of nitrogens with one attached hydrogen (secondary N) is 2. The molecule has 1 aliphatic heterocycles. The molecule has 1 heterocycles. The van der Waals surface area contributed by atoms with Crippen LogP contribution in [-0.2, 0) is 10.0 Å². The highest BCUT2D eigenvalue weighted by molar-refractivity contribution is 7.89. The fraction of sp³-hybridized carbons (Fsp3) is 0.562. The molecule has 2 rings (SSSR count). The second-order valence-corrected chi connectivity index (χ2v) is 8.59. The lowest BCUT2D eigenvalue weighted by Gasteiger charge is -2.34. The smallest absolute Gasteiger partial charge is 0.317 e. The maximum atomic E-state index is 12.3. The van der Waals surface area contributed by atoms with E-state index in [1.165, 1.54) is 0 Å². The van der Waals surface area contributed by atoms with Crippen molar-refractivity contribution in [3.05, 3.63) is 30.3 Å². The number of benzene rings is 1. The zero-order chi connectivity index (χ0) is 17.1. The molecule has 0 aliphatic carbocycles.